The number of aryl methyl sites for hydroxylation is 1. The predicted molar refractivity (Wildman–Crippen MR) is 91.7 cm³/mol. The zero-order valence-electron chi connectivity index (χ0n) is 12.2. The van der Waals surface area contributed by atoms with Gasteiger partial charge in [-0.25, -0.2) is 4.79 Å². The van der Waals surface area contributed by atoms with Gasteiger partial charge in [0.1, 0.15) is 5.58 Å². The molecular formula is C17H12BrNO4. The summed E-state index contributed by atoms with van der Waals surface area (Å²) in [5.41, 5.74) is 2.01. The van der Waals surface area contributed by atoms with Crippen molar-refractivity contribution in [3.63, 3.8) is 0 Å². The molecule has 116 valence electrons. The average molecular weight is 374 g/mol. The summed E-state index contributed by atoms with van der Waals surface area (Å²) >= 11 is 3.43. The molecule has 0 saturated carbocycles. The second kappa shape index (κ2) is 5.96. The Morgan fingerprint density at radius 1 is 1.17 bits per heavy atom. The van der Waals surface area contributed by atoms with Crippen molar-refractivity contribution in [2.45, 2.75) is 13.3 Å². The highest BCUT2D eigenvalue weighted by Crippen LogP contribution is 2.30. The molecule has 2 aromatic carbocycles. The van der Waals surface area contributed by atoms with Gasteiger partial charge in [0.15, 0.2) is 0 Å². The number of rotatable bonds is 3. The van der Waals surface area contributed by atoms with Crippen molar-refractivity contribution >= 4 is 32.6 Å². The van der Waals surface area contributed by atoms with E-state index < -0.39 is 10.5 Å². The molecule has 3 aromatic rings. The highest BCUT2D eigenvalue weighted by atomic mass is 79.9. The van der Waals surface area contributed by atoms with E-state index in [1.807, 2.05) is 19.1 Å². The zero-order chi connectivity index (χ0) is 16.6. The van der Waals surface area contributed by atoms with E-state index in [2.05, 4.69) is 15.9 Å². The molecule has 1 heterocycles. The van der Waals surface area contributed by atoms with Crippen molar-refractivity contribution in [2.24, 2.45) is 0 Å². The molecule has 0 unspecified atom stereocenters. The molecule has 5 nitrogen and oxygen atoms in total. The van der Waals surface area contributed by atoms with Crippen LogP contribution in [0.4, 0.5) is 5.69 Å². The van der Waals surface area contributed by atoms with Crippen LogP contribution < -0.4 is 5.63 Å². The number of hydrogen-bond donors (Lipinski definition) is 0. The van der Waals surface area contributed by atoms with Gasteiger partial charge >= 0.3 is 5.63 Å². The molecular weight excluding hydrogens is 362 g/mol. The van der Waals surface area contributed by atoms with Gasteiger partial charge in [-0.3, -0.25) is 10.1 Å². The third kappa shape index (κ3) is 2.77. The Balaban J connectivity index is 2.29. The largest absolute Gasteiger partial charge is 0.422 e. The van der Waals surface area contributed by atoms with Gasteiger partial charge in [0.05, 0.1) is 10.5 Å². The molecule has 0 N–H and O–H groups in total. The fourth-order valence-corrected chi connectivity index (χ4v) is 3.01. The molecule has 0 saturated heterocycles. The first-order valence-electron chi connectivity index (χ1n) is 7.01. The fourth-order valence-electron chi connectivity index (χ4n) is 2.64. The van der Waals surface area contributed by atoms with E-state index in [1.165, 1.54) is 12.1 Å². The maximum atomic E-state index is 12.4. The second-order valence-electron chi connectivity index (χ2n) is 5.04. The number of fused-ring (bicyclic) bond motifs is 1. The highest BCUT2D eigenvalue weighted by molar-refractivity contribution is 9.10. The standard InChI is InChI=1S/C17H12BrNO4/c1-2-13-14-9-11(18)5-8-15(14)23-17(20)16(13)10-3-6-12(7-4-10)19(21)22/h3-9H,2H2,1H3. The van der Waals surface area contributed by atoms with Crippen molar-refractivity contribution in [1.29, 1.82) is 0 Å². The maximum Gasteiger partial charge on any atom is 0.344 e. The van der Waals surface area contributed by atoms with E-state index in [4.69, 9.17) is 4.42 Å². The number of nitrogens with zero attached hydrogens (tertiary/aromatic N) is 1. The van der Waals surface area contributed by atoms with Crippen LogP contribution in [0.3, 0.4) is 0 Å². The van der Waals surface area contributed by atoms with Crippen LogP contribution in [-0.2, 0) is 6.42 Å². The van der Waals surface area contributed by atoms with E-state index in [0.29, 0.717) is 23.1 Å². The van der Waals surface area contributed by atoms with Gasteiger partial charge in [-0.1, -0.05) is 22.9 Å². The average Bonchev–Trinajstić information content (AvgIpc) is 2.54. The summed E-state index contributed by atoms with van der Waals surface area (Å²) in [4.78, 5) is 22.7. The van der Waals surface area contributed by atoms with Crippen LogP contribution in [0.5, 0.6) is 0 Å². The van der Waals surface area contributed by atoms with Crippen LogP contribution in [0.25, 0.3) is 22.1 Å². The first-order valence-corrected chi connectivity index (χ1v) is 7.80. The first-order chi connectivity index (χ1) is 11.0. The van der Waals surface area contributed by atoms with Crippen LogP contribution in [0.2, 0.25) is 0 Å². The van der Waals surface area contributed by atoms with Gasteiger partial charge < -0.3 is 4.42 Å². The highest BCUT2D eigenvalue weighted by Gasteiger charge is 2.16. The van der Waals surface area contributed by atoms with Gasteiger partial charge in [-0.05, 0) is 47.9 Å². The van der Waals surface area contributed by atoms with Crippen molar-refractivity contribution in [3.8, 4) is 11.1 Å². The van der Waals surface area contributed by atoms with Crippen molar-refractivity contribution in [1.82, 2.24) is 0 Å². The van der Waals surface area contributed by atoms with E-state index >= 15 is 0 Å². The monoisotopic (exact) mass is 373 g/mol. The van der Waals surface area contributed by atoms with Gasteiger partial charge in [0.2, 0.25) is 0 Å². The van der Waals surface area contributed by atoms with Gasteiger partial charge in [0, 0.05) is 22.0 Å². The Kier molecular flexibility index (Phi) is 4.00. The number of nitro benzene ring substituents is 1. The molecule has 0 aliphatic heterocycles. The van der Waals surface area contributed by atoms with E-state index in [-0.39, 0.29) is 5.69 Å². The lowest BCUT2D eigenvalue weighted by atomic mass is 9.96. The van der Waals surface area contributed by atoms with Crippen molar-refractivity contribution in [3.05, 3.63) is 73.0 Å². The number of non-ortho nitro benzene ring substituents is 1. The quantitative estimate of drug-likeness (QED) is 0.379. The maximum absolute atomic E-state index is 12.4. The third-order valence-corrected chi connectivity index (χ3v) is 4.19. The Labute approximate surface area is 139 Å². The number of benzene rings is 2. The number of halogens is 1. The molecule has 0 radical (unpaired) electrons. The number of hydrogen-bond acceptors (Lipinski definition) is 4. The van der Waals surface area contributed by atoms with Gasteiger partial charge in [-0.2, -0.15) is 0 Å². The van der Waals surface area contributed by atoms with E-state index in [1.54, 1.807) is 18.2 Å². The van der Waals surface area contributed by atoms with Gasteiger partial charge in [0.25, 0.3) is 5.69 Å². The molecule has 23 heavy (non-hydrogen) atoms. The summed E-state index contributed by atoms with van der Waals surface area (Å²) in [5.74, 6) is 0. The predicted octanol–water partition coefficient (Wildman–Crippen LogP) is 4.69. The summed E-state index contributed by atoms with van der Waals surface area (Å²) < 4.78 is 6.30. The van der Waals surface area contributed by atoms with Crippen LogP contribution in [0.1, 0.15) is 12.5 Å². The van der Waals surface area contributed by atoms with E-state index in [0.717, 1.165) is 15.4 Å². The molecule has 0 fully saturated rings. The summed E-state index contributed by atoms with van der Waals surface area (Å²) in [6.45, 7) is 1.96. The minimum absolute atomic E-state index is 0.0141. The minimum atomic E-state index is -0.468. The topological polar surface area (TPSA) is 73.3 Å². The molecule has 0 amide bonds. The summed E-state index contributed by atoms with van der Waals surface area (Å²) in [6.07, 6.45) is 0.644. The Morgan fingerprint density at radius 3 is 2.48 bits per heavy atom. The Morgan fingerprint density at radius 2 is 1.87 bits per heavy atom. The lowest BCUT2D eigenvalue weighted by Crippen LogP contribution is -2.07. The van der Waals surface area contributed by atoms with Crippen molar-refractivity contribution < 1.29 is 9.34 Å². The molecule has 0 atom stereocenters. The summed E-state index contributed by atoms with van der Waals surface area (Å²) in [5, 5.41) is 11.6. The van der Waals surface area contributed by atoms with Crippen molar-refractivity contribution in [2.75, 3.05) is 0 Å². The second-order valence-corrected chi connectivity index (χ2v) is 5.96. The molecule has 0 bridgehead atoms. The van der Waals surface area contributed by atoms with Gasteiger partial charge in [-0.15, -0.1) is 0 Å². The minimum Gasteiger partial charge on any atom is -0.422 e. The first kappa shape index (κ1) is 15.4. The molecule has 6 heteroatoms. The zero-order valence-corrected chi connectivity index (χ0v) is 13.8. The third-order valence-electron chi connectivity index (χ3n) is 3.70. The normalized spacial score (nSPS) is 10.9. The molecule has 3 rings (SSSR count). The Bertz CT molecular complexity index is 961. The van der Waals surface area contributed by atoms with Crippen LogP contribution in [0.15, 0.2) is 56.1 Å². The van der Waals surface area contributed by atoms with Crippen LogP contribution in [-0.4, -0.2) is 4.92 Å². The number of nitro groups is 1. The molecule has 0 spiro atoms. The lowest BCUT2D eigenvalue weighted by Gasteiger charge is -2.10. The summed E-state index contributed by atoms with van der Waals surface area (Å²) in [6, 6.07) is 11.4. The molecule has 1 aromatic heterocycles. The van der Waals surface area contributed by atoms with Crippen LogP contribution >= 0.6 is 15.9 Å². The molecule has 0 aliphatic carbocycles. The summed E-state index contributed by atoms with van der Waals surface area (Å²) in [7, 11) is 0. The lowest BCUT2D eigenvalue weighted by molar-refractivity contribution is -0.384. The fraction of sp³-hybridized carbons (Fsp3) is 0.118. The Hall–Kier alpha value is -2.47. The van der Waals surface area contributed by atoms with E-state index in [9.17, 15) is 14.9 Å². The van der Waals surface area contributed by atoms with Crippen LogP contribution in [0, 0.1) is 10.1 Å². The molecule has 0 aliphatic rings. The SMILES string of the molecule is CCc1c(-c2ccc([N+](=O)[O-])cc2)c(=O)oc2ccc(Br)cc12. The smallest absolute Gasteiger partial charge is 0.344 e.